The number of rotatable bonds is 12. The van der Waals surface area contributed by atoms with Gasteiger partial charge in [-0.2, -0.15) is 0 Å². The monoisotopic (exact) mass is 444 g/mol. The number of carbonyl (C=O) groups excluding carboxylic acids is 3. The average molecular weight is 444 g/mol. The molecule has 3 amide bonds. The summed E-state index contributed by atoms with van der Waals surface area (Å²) in [5.74, 6) is -5.43. The maximum absolute atomic E-state index is 12.8. The van der Waals surface area contributed by atoms with Gasteiger partial charge in [-0.15, -0.1) is 0 Å². The van der Waals surface area contributed by atoms with E-state index in [-0.39, 0.29) is 0 Å². The molecule has 0 aromatic heterocycles. The van der Waals surface area contributed by atoms with Crippen molar-refractivity contribution in [2.24, 2.45) is 5.92 Å². The number of carbonyl (C=O) groups is 5. The molecule has 0 bridgehead atoms. The largest absolute Gasteiger partial charge is 0.481 e. The Kier molecular flexibility index (Phi) is 10.4. The van der Waals surface area contributed by atoms with Gasteiger partial charge in [-0.05, 0) is 32.2 Å². The molecule has 0 saturated carbocycles. The zero-order valence-electron chi connectivity index (χ0n) is 17.9. The molecule has 1 fully saturated rings. The van der Waals surface area contributed by atoms with Gasteiger partial charge in [-0.25, -0.2) is 4.79 Å². The van der Waals surface area contributed by atoms with Crippen molar-refractivity contribution in [3.8, 4) is 0 Å². The predicted octanol–water partition coefficient (Wildman–Crippen LogP) is -1.82. The van der Waals surface area contributed by atoms with Gasteiger partial charge in [0.2, 0.25) is 17.7 Å². The molecule has 0 radical (unpaired) electrons. The number of hydrogen-bond donors (Lipinski definition) is 7. The molecule has 1 heterocycles. The first-order chi connectivity index (χ1) is 14.5. The third-order valence-electron chi connectivity index (χ3n) is 5.23. The van der Waals surface area contributed by atoms with E-state index in [0.29, 0.717) is 19.4 Å². The molecule has 6 atom stereocenters. The van der Waals surface area contributed by atoms with Crippen LogP contribution in [0.5, 0.6) is 0 Å². The van der Waals surface area contributed by atoms with Crippen LogP contribution < -0.4 is 21.3 Å². The fourth-order valence-electron chi connectivity index (χ4n) is 3.15. The number of nitrogens with one attached hydrogen (secondary N) is 4. The molecule has 7 N–H and O–H groups in total. The smallest absolute Gasteiger partial charge is 0.328 e. The summed E-state index contributed by atoms with van der Waals surface area (Å²) in [5.41, 5.74) is 0. The predicted molar refractivity (Wildman–Crippen MR) is 108 cm³/mol. The quantitative estimate of drug-likeness (QED) is 0.181. The molecule has 0 spiro atoms. The van der Waals surface area contributed by atoms with Crippen LogP contribution in [0.4, 0.5) is 0 Å². The lowest BCUT2D eigenvalue weighted by Crippen LogP contribution is -2.60. The van der Waals surface area contributed by atoms with E-state index < -0.39 is 72.3 Å². The van der Waals surface area contributed by atoms with Crippen molar-refractivity contribution >= 4 is 29.7 Å². The van der Waals surface area contributed by atoms with Crippen LogP contribution in [0, 0.1) is 5.92 Å². The molecule has 6 unspecified atom stereocenters. The number of aliphatic hydroxyl groups excluding tert-OH is 1. The second-order valence-electron chi connectivity index (χ2n) is 7.74. The Morgan fingerprint density at radius 2 is 1.61 bits per heavy atom. The van der Waals surface area contributed by atoms with Gasteiger partial charge in [0.1, 0.15) is 12.1 Å². The summed E-state index contributed by atoms with van der Waals surface area (Å²) in [6.45, 7) is 5.24. The molecule has 12 nitrogen and oxygen atoms in total. The van der Waals surface area contributed by atoms with E-state index in [2.05, 4.69) is 21.3 Å². The fourth-order valence-corrected chi connectivity index (χ4v) is 3.15. The topological polar surface area (TPSA) is 194 Å². The van der Waals surface area contributed by atoms with Gasteiger partial charge in [-0.3, -0.25) is 19.2 Å². The highest BCUT2D eigenvalue weighted by Crippen LogP contribution is 2.11. The van der Waals surface area contributed by atoms with Crippen LogP contribution in [0.15, 0.2) is 0 Å². The molecule has 1 saturated heterocycles. The minimum absolute atomic E-state index is 0.437. The lowest BCUT2D eigenvalue weighted by molar-refractivity contribution is -0.146. The van der Waals surface area contributed by atoms with Gasteiger partial charge in [0.15, 0.2) is 6.04 Å². The second kappa shape index (κ2) is 12.2. The summed E-state index contributed by atoms with van der Waals surface area (Å²) in [7, 11) is 0. The van der Waals surface area contributed by atoms with E-state index in [1.165, 1.54) is 6.92 Å². The summed E-state index contributed by atoms with van der Waals surface area (Å²) in [5, 5.41) is 37.8. The molecule has 0 aromatic rings. The number of aliphatic hydroxyl groups is 1. The molecule has 176 valence electrons. The van der Waals surface area contributed by atoms with Crippen LogP contribution in [0.3, 0.4) is 0 Å². The van der Waals surface area contributed by atoms with E-state index in [4.69, 9.17) is 10.2 Å². The van der Waals surface area contributed by atoms with Crippen molar-refractivity contribution < 1.29 is 39.3 Å². The van der Waals surface area contributed by atoms with Crippen molar-refractivity contribution in [3.63, 3.8) is 0 Å². The summed E-state index contributed by atoms with van der Waals surface area (Å²) in [6.07, 6.45) is -0.302. The molecule has 1 aliphatic rings. The molecule has 1 rings (SSSR count). The SMILES string of the molecule is CCC(C)C(NC(=O)C(CC(=O)O)NC(=O)C1CCCN1)C(=O)NC(C(=O)O)C(C)O. The number of aliphatic carboxylic acids is 2. The second-order valence-corrected chi connectivity index (χ2v) is 7.74. The molecule has 12 heteroatoms. The lowest BCUT2D eigenvalue weighted by Gasteiger charge is -2.28. The van der Waals surface area contributed by atoms with Crippen molar-refractivity contribution in [3.05, 3.63) is 0 Å². The Morgan fingerprint density at radius 1 is 1.00 bits per heavy atom. The van der Waals surface area contributed by atoms with Crippen LogP contribution in [0.25, 0.3) is 0 Å². The van der Waals surface area contributed by atoms with Crippen LogP contribution >= 0.6 is 0 Å². The Bertz CT molecular complexity index is 678. The van der Waals surface area contributed by atoms with E-state index in [1.807, 2.05) is 0 Å². The Labute approximate surface area is 180 Å². The van der Waals surface area contributed by atoms with Crippen LogP contribution in [-0.4, -0.2) is 81.8 Å². The van der Waals surface area contributed by atoms with Crippen molar-refractivity contribution in [1.82, 2.24) is 21.3 Å². The highest BCUT2D eigenvalue weighted by Gasteiger charge is 2.35. The molecule has 0 aliphatic carbocycles. The molecule has 0 aromatic carbocycles. The third kappa shape index (κ3) is 8.13. The van der Waals surface area contributed by atoms with E-state index in [1.54, 1.807) is 13.8 Å². The van der Waals surface area contributed by atoms with Crippen molar-refractivity contribution in [2.45, 2.75) is 76.7 Å². The van der Waals surface area contributed by atoms with E-state index in [0.717, 1.165) is 6.42 Å². The molecule has 1 aliphatic heterocycles. The molecule has 31 heavy (non-hydrogen) atoms. The number of carboxylic acids is 2. The van der Waals surface area contributed by atoms with Crippen LogP contribution in [0.2, 0.25) is 0 Å². The van der Waals surface area contributed by atoms with Gasteiger partial charge in [0.05, 0.1) is 18.6 Å². The van der Waals surface area contributed by atoms with Crippen LogP contribution in [-0.2, 0) is 24.0 Å². The maximum Gasteiger partial charge on any atom is 0.328 e. The highest BCUT2D eigenvalue weighted by atomic mass is 16.4. The molecular weight excluding hydrogens is 412 g/mol. The van der Waals surface area contributed by atoms with Gasteiger partial charge < -0.3 is 36.6 Å². The maximum atomic E-state index is 12.8. The molecular formula is C19H32N4O8. The van der Waals surface area contributed by atoms with Gasteiger partial charge in [0.25, 0.3) is 0 Å². The fraction of sp³-hybridized carbons (Fsp3) is 0.737. The minimum atomic E-state index is -1.58. The first kappa shape index (κ1) is 26.3. The summed E-state index contributed by atoms with van der Waals surface area (Å²) < 4.78 is 0. The van der Waals surface area contributed by atoms with Gasteiger partial charge in [0, 0.05) is 0 Å². The van der Waals surface area contributed by atoms with E-state index >= 15 is 0 Å². The number of carboxylic acid groups (broad SMARTS) is 2. The van der Waals surface area contributed by atoms with Crippen molar-refractivity contribution in [2.75, 3.05) is 6.54 Å². The third-order valence-corrected chi connectivity index (χ3v) is 5.23. The standard InChI is InChI=1S/C19H32N4O8/c1-4-9(2)14(18(29)23-15(10(3)24)19(30)31)22-17(28)12(8-13(25)26)21-16(27)11-6-5-7-20-11/h9-12,14-15,20,24H,4-8H2,1-3H3,(H,21,27)(H,22,28)(H,23,29)(H,25,26)(H,30,31). The Morgan fingerprint density at radius 3 is 2.06 bits per heavy atom. The summed E-state index contributed by atoms with van der Waals surface area (Å²) in [4.78, 5) is 60.2. The van der Waals surface area contributed by atoms with Crippen LogP contribution in [0.1, 0.15) is 46.5 Å². The van der Waals surface area contributed by atoms with E-state index in [9.17, 15) is 29.1 Å². The highest BCUT2D eigenvalue weighted by molar-refractivity contribution is 5.95. The van der Waals surface area contributed by atoms with Gasteiger partial charge in [-0.1, -0.05) is 20.3 Å². The summed E-state index contributed by atoms with van der Waals surface area (Å²) >= 11 is 0. The number of amides is 3. The minimum Gasteiger partial charge on any atom is -0.481 e. The van der Waals surface area contributed by atoms with Crippen molar-refractivity contribution in [1.29, 1.82) is 0 Å². The Hall–Kier alpha value is -2.73. The Balaban J connectivity index is 2.96. The lowest BCUT2D eigenvalue weighted by atomic mass is 9.97. The average Bonchev–Trinajstić information content (AvgIpc) is 3.22. The number of hydrogen-bond acceptors (Lipinski definition) is 7. The zero-order valence-corrected chi connectivity index (χ0v) is 17.9. The zero-order chi connectivity index (χ0) is 23.7. The normalized spacial score (nSPS) is 20.6. The summed E-state index contributed by atoms with van der Waals surface area (Å²) in [6, 6.07) is -4.73. The first-order valence-corrected chi connectivity index (χ1v) is 10.2. The first-order valence-electron chi connectivity index (χ1n) is 10.2. The van der Waals surface area contributed by atoms with Gasteiger partial charge >= 0.3 is 11.9 Å².